The molecule has 194 valence electrons. The van der Waals surface area contributed by atoms with Crippen LogP contribution in [0.3, 0.4) is 0 Å². The Bertz CT molecular complexity index is 1200. The number of nitro groups is 1. The highest BCUT2D eigenvalue weighted by molar-refractivity contribution is 5.62. The van der Waals surface area contributed by atoms with Gasteiger partial charge in [-0.25, -0.2) is 9.97 Å². The van der Waals surface area contributed by atoms with Crippen molar-refractivity contribution in [3.8, 4) is 17.0 Å². The van der Waals surface area contributed by atoms with Crippen LogP contribution in [0.15, 0.2) is 60.8 Å². The Kier molecular flexibility index (Phi) is 7.79. The Labute approximate surface area is 217 Å². The molecule has 0 bridgehead atoms. The van der Waals surface area contributed by atoms with Crippen LogP contribution in [-0.2, 0) is 0 Å². The third-order valence-corrected chi connectivity index (χ3v) is 7.40. The van der Waals surface area contributed by atoms with E-state index in [2.05, 4.69) is 20.5 Å². The van der Waals surface area contributed by atoms with E-state index >= 15 is 0 Å². The first-order chi connectivity index (χ1) is 18.1. The highest BCUT2D eigenvalue weighted by atomic mass is 16.6. The van der Waals surface area contributed by atoms with E-state index in [1.165, 1.54) is 12.8 Å². The molecular formula is C28H34N6O3. The molecule has 1 saturated carbocycles. The Morgan fingerprint density at radius 3 is 2.62 bits per heavy atom. The number of hydrogen-bond donors (Lipinski definition) is 2. The molecule has 0 amide bonds. The van der Waals surface area contributed by atoms with Crippen molar-refractivity contribution in [2.45, 2.75) is 56.7 Å². The first-order valence-corrected chi connectivity index (χ1v) is 13.1. The molecule has 1 aliphatic heterocycles. The molecule has 1 aliphatic carbocycles. The molecule has 3 aromatic rings. The van der Waals surface area contributed by atoms with Crippen molar-refractivity contribution in [1.82, 2.24) is 15.3 Å². The van der Waals surface area contributed by atoms with E-state index in [9.17, 15) is 10.1 Å². The average molecular weight is 503 g/mol. The van der Waals surface area contributed by atoms with Gasteiger partial charge in [-0.15, -0.1) is 0 Å². The second kappa shape index (κ2) is 11.6. The van der Waals surface area contributed by atoms with Gasteiger partial charge in [0.2, 0.25) is 5.95 Å². The van der Waals surface area contributed by atoms with Crippen molar-refractivity contribution in [3.63, 3.8) is 0 Å². The van der Waals surface area contributed by atoms with Crippen LogP contribution in [-0.4, -0.2) is 53.2 Å². The fraction of sp³-hybridized carbons (Fsp3) is 0.429. The van der Waals surface area contributed by atoms with Crippen LogP contribution in [0.1, 0.15) is 38.5 Å². The summed E-state index contributed by atoms with van der Waals surface area (Å²) in [5.41, 5.74) is 3.03. The lowest BCUT2D eigenvalue weighted by Crippen LogP contribution is -2.55. The molecule has 3 atom stereocenters. The van der Waals surface area contributed by atoms with Crippen molar-refractivity contribution >= 4 is 17.3 Å². The smallest absolute Gasteiger partial charge is 0.269 e. The van der Waals surface area contributed by atoms with Crippen molar-refractivity contribution < 1.29 is 9.66 Å². The van der Waals surface area contributed by atoms with Gasteiger partial charge in [-0.1, -0.05) is 25.0 Å². The minimum absolute atomic E-state index is 0.129. The number of nitrogens with one attached hydrogen (secondary N) is 2. The largest absolute Gasteiger partial charge is 0.497 e. The zero-order valence-electron chi connectivity index (χ0n) is 21.2. The molecule has 5 rings (SSSR count). The number of aromatic nitrogens is 2. The summed E-state index contributed by atoms with van der Waals surface area (Å²) in [6, 6.07) is 17.7. The van der Waals surface area contributed by atoms with Crippen LogP contribution < -0.4 is 20.3 Å². The number of nitro benzene ring substituents is 1. The number of methoxy groups -OCH3 is 1. The molecule has 1 unspecified atom stereocenters. The molecule has 2 aromatic carbocycles. The summed E-state index contributed by atoms with van der Waals surface area (Å²) in [5.74, 6) is 1.45. The molecule has 9 nitrogen and oxygen atoms in total. The minimum Gasteiger partial charge on any atom is -0.497 e. The van der Waals surface area contributed by atoms with Gasteiger partial charge in [0.1, 0.15) is 5.75 Å². The third kappa shape index (κ3) is 6.17. The molecule has 2 heterocycles. The lowest BCUT2D eigenvalue weighted by molar-refractivity contribution is -0.384. The van der Waals surface area contributed by atoms with Gasteiger partial charge in [0.25, 0.3) is 5.69 Å². The Balaban J connectivity index is 1.24. The number of hydrogen-bond acceptors (Lipinski definition) is 8. The molecule has 0 radical (unpaired) electrons. The predicted octanol–water partition coefficient (Wildman–Crippen LogP) is 5.04. The summed E-state index contributed by atoms with van der Waals surface area (Å²) in [6.45, 7) is 1.86. The van der Waals surface area contributed by atoms with Gasteiger partial charge >= 0.3 is 0 Å². The zero-order chi connectivity index (χ0) is 25.6. The highest BCUT2D eigenvalue weighted by Gasteiger charge is 2.30. The van der Waals surface area contributed by atoms with Gasteiger partial charge in [-0.05, 0) is 56.0 Å². The zero-order valence-corrected chi connectivity index (χ0v) is 21.2. The SMILES string of the molecule is COc1cccc(-c2ccnc(N[C@@H]3CCCC[C@H]3NC3CCCN(c4ccc([N+](=O)[O-])cc4)C3)n2)c1. The van der Waals surface area contributed by atoms with Crippen LogP contribution in [0, 0.1) is 10.1 Å². The van der Waals surface area contributed by atoms with E-state index in [0.717, 1.165) is 61.5 Å². The molecule has 9 heteroatoms. The van der Waals surface area contributed by atoms with Gasteiger partial charge in [0, 0.05) is 60.8 Å². The van der Waals surface area contributed by atoms with Crippen molar-refractivity contribution in [1.29, 1.82) is 0 Å². The number of anilines is 2. The van der Waals surface area contributed by atoms with Crippen LogP contribution in [0.5, 0.6) is 5.75 Å². The van der Waals surface area contributed by atoms with Crippen molar-refractivity contribution in [2.75, 3.05) is 30.4 Å². The maximum atomic E-state index is 11.0. The van der Waals surface area contributed by atoms with Crippen LogP contribution >= 0.6 is 0 Å². The van der Waals surface area contributed by atoms with E-state index in [0.29, 0.717) is 18.0 Å². The fourth-order valence-corrected chi connectivity index (χ4v) is 5.48. The number of piperidine rings is 1. The number of rotatable bonds is 8. The number of nitrogens with zero attached hydrogens (tertiary/aromatic N) is 4. The second-order valence-corrected chi connectivity index (χ2v) is 9.86. The average Bonchev–Trinajstić information content (AvgIpc) is 2.94. The van der Waals surface area contributed by atoms with Crippen LogP contribution in [0.25, 0.3) is 11.3 Å². The van der Waals surface area contributed by atoms with Crippen LogP contribution in [0.2, 0.25) is 0 Å². The molecular weight excluding hydrogens is 468 g/mol. The van der Waals surface area contributed by atoms with E-state index < -0.39 is 0 Å². The molecule has 2 fully saturated rings. The predicted molar refractivity (Wildman–Crippen MR) is 145 cm³/mol. The Hall–Kier alpha value is -3.72. The Morgan fingerprint density at radius 2 is 1.84 bits per heavy atom. The molecule has 1 saturated heterocycles. The van der Waals surface area contributed by atoms with Gasteiger partial charge in [0.05, 0.1) is 17.7 Å². The first-order valence-electron chi connectivity index (χ1n) is 13.1. The van der Waals surface area contributed by atoms with Gasteiger partial charge < -0.3 is 20.3 Å². The maximum absolute atomic E-state index is 11.0. The first kappa shape index (κ1) is 25.0. The summed E-state index contributed by atoms with van der Waals surface area (Å²) in [6.07, 6.45) is 8.59. The van der Waals surface area contributed by atoms with E-state index in [4.69, 9.17) is 9.72 Å². The van der Waals surface area contributed by atoms with Gasteiger partial charge in [0.15, 0.2) is 0 Å². The number of benzene rings is 2. The van der Waals surface area contributed by atoms with E-state index in [1.54, 1.807) is 25.4 Å². The number of non-ortho nitro benzene ring substituents is 1. The quantitative estimate of drug-likeness (QED) is 0.326. The van der Waals surface area contributed by atoms with E-state index in [-0.39, 0.29) is 16.7 Å². The topological polar surface area (TPSA) is 105 Å². The molecule has 1 aromatic heterocycles. The second-order valence-electron chi connectivity index (χ2n) is 9.86. The monoisotopic (exact) mass is 502 g/mol. The molecule has 2 aliphatic rings. The molecule has 37 heavy (non-hydrogen) atoms. The highest BCUT2D eigenvalue weighted by Crippen LogP contribution is 2.27. The number of ether oxygens (including phenoxy) is 1. The normalized spacial score (nSPS) is 21.9. The van der Waals surface area contributed by atoms with Crippen molar-refractivity contribution in [3.05, 3.63) is 70.9 Å². The Morgan fingerprint density at radius 1 is 1.03 bits per heavy atom. The lowest BCUT2D eigenvalue weighted by Gasteiger charge is -2.40. The van der Waals surface area contributed by atoms with E-state index in [1.807, 2.05) is 42.5 Å². The lowest BCUT2D eigenvalue weighted by atomic mass is 9.89. The van der Waals surface area contributed by atoms with Gasteiger partial charge in [-0.2, -0.15) is 0 Å². The summed E-state index contributed by atoms with van der Waals surface area (Å²) in [4.78, 5) is 22.3. The summed E-state index contributed by atoms with van der Waals surface area (Å²) in [7, 11) is 1.67. The standard InChI is InChI=1S/C28H34N6O3/c1-37-24-8-4-6-20(18-24)25-15-16-29-28(31-25)32-27-10-3-2-9-26(27)30-21-7-5-17-33(19-21)22-11-13-23(14-12-22)34(35)36/h4,6,8,11-16,18,21,26-27,30H,2-3,5,7,9-10,17,19H2,1H3,(H,29,31,32)/t21?,26-,27-/m1/s1. The maximum Gasteiger partial charge on any atom is 0.269 e. The summed E-state index contributed by atoms with van der Waals surface area (Å²) >= 11 is 0. The molecule has 0 spiro atoms. The minimum atomic E-state index is -0.351. The fourth-order valence-electron chi connectivity index (χ4n) is 5.48. The van der Waals surface area contributed by atoms with Crippen LogP contribution in [0.4, 0.5) is 17.3 Å². The summed E-state index contributed by atoms with van der Waals surface area (Å²) in [5, 5.41) is 18.6. The third-order valence-electron chi connectivity index (χ3n) is 7.40. The summed E-state index contributed by atoms with van der Waals surface area (Å²) < 4.78 is 5.37. The molecule has 2 N–H and O–H groups in total. The van der Waals surface area contributed by atoms with Crippen molar-refractivity contribution in [2.24, 2.45) is 0 Å². The van der Waals surface area contributed by atoms with Gasteiger partial charge in [-0.3, -0.25) is 10.1 Å².